The minimum Gasteiger partial charge on any atom is -0.404 e. The van der Waals surface area contributed by atoms with Crippen molar-refractivity contribution in [3.05, 3.63) is 45.0 Å². The van der Waals surface area contributed by atoms with E-state index in [1.54, 1.807) is 13.0 Å². The summed E-state index contributed by atoms with van der Waals surface area (Å²) in [5.41, 5.74) is 0.512. The summed E-state index contributed by atoms with van der Waals surface area (Å²) in [6.07, 6.45) is -5.03. The standard InChI is InChI=1S/C13H9Br2F3N2O3S/c1-7-9(15)3-5-12(19-7)20-24(21,22)11-4-2-8(14)6-10(11)23-13(16,17)18/h2-6H,1H3,(H,19,20). The van der Waals surface area contributed by atoms with Crippen molar-refractivity contribution in [3.63, 3.8) is 0 Å². The van der Waals surface area contributed by atoms with Gasteiger partial charge in [0.25, 0.3) is 10.0 Å². The van der Waals surface area contributed by atoms with Crippen molar-refractivity contribution < 1.29 is 26.3 Å². The first-order chi connectivity index (χ1) is 11.0. The number of ether oxygens (including phenoxy) is 1. The van der Waals surface area contributed by atoms with Gasteiger partial charge in [0.1, 0.15) is 10.7 Å². The van der Waals surface area contributed by atoms with Gasteiger partial charge in [0.2, 0.25) is 0 Å². The molecule has 0 unspecified atom stereocenters. The molecule has 11 heteroatoms. The van der Waals surface area contributed by atoms with Gasteiger partial charge < -0.3 is 4.74 Å². The zero-order valence-electron chi connectivity index (χ0n) is 11.9. The van der Waals surface area contributed by atoms with Gasteiger partial charge in [-0.15, -0.1) is 13.2 Å². The molecule has 0 fully saturated rings. The Morgan fingerprint density at radius 2 is 1.83 bits per heavy atom. The summed E-state index contributed by atoms with van der Waals surface area (Å²) in [5.74, 6) is -0.880. The number of hydrogen-bond donors (Lipinski definition) is 1. The summed E-state index contributed by atoms with van der Waals surface area (Å²) >= 11 is 6.19. The zero-order chi connectivity index (χ0) is 18.1. The third-order valence-electron chi connectivity index (χ3n) is 2.68. The first-order valence-corrected chi connectivity index (χ1v) is 9.26. The molecule has 0 amide bonds. The van der Waals surface area contributed by atoms with E-state index in [4.69, 9.17) is 0 Å². The first kappa shape index (κ1) is 19.0. The fraction of sp³-hybridized carbons (Fsp3) is 0.154. The maximum atomic E-state index is 12.5. The van der Waals surface area contributed by atoms with Gasteiger partial charge in [0, 0.05) is 8.95 Å². The number of aromatic nitrogens is 1. The minimum atomic E-state index is -5.03. The fourth-order valence-corrected chi connectivity index (χ4v) is 3.37. The average Bonchev–Trinajstić information content (AvgIpc) is 2.40. The summed E-state index contributed by atoms with van der Waals surface area (Å²) in [4.78, 5) is 3.33. The Morgan fingerprint density at radius 3 is 2.42 bits per heavy atom. The number of hydrogen-bond acceptors (Lipinski definition) is 4. The van der Waals surface area contributed by atoms with E-state index in [1.165, 1.54) is 12.1 Å². The molecule has 0 aliphatic rings. The summed E-state index contributed by atoms with van der Waals surface area (Å²) in [5, 5.41) is 0. The smallest absolute Gasteiger partial charge is 0.404 e. The summed E-state index contributed by atoms with van der Waals surface area (Å²) in [6.45, 7) is 1.64. The quantitative estimate of drug-likeness (QED) is 0.680. The van der Waals surface area contributed by atoms with E-state index >= 15 is 0 Å². The molecule has 1 N–H and O–H groups in total. The van der Waals surface area contributed by atoms with Crippen molar-refractivity contribution in [2.75, 3.05) is 4.72 Å². The second-order valence-electron chi connectivity index (χ2n) is 4.51. The number of nitrogens with zero attached hydrogens (tertiary/aromatic N) is 1. The van der Waals surface area contributed by atoms with Gasteiger partial charge >= 0.3 is 6.36 Å². The van der Waals surface area contributed by atoms with Crippen LogP contribution in [0.15, 0.2) is 44.2 Å². The van der Waals surface area contributed by atoms with Crippen LogP contribution in [0.1, 0.15) is 5.69 Å². The van der Waals surface area contributed by atoms with E-state index in [1.807, 2.05) is 0 Å². The number of benzene rings is 1. The lowest BCUT2D eigenvalue weighted by atomic mass is 10.3. The highest BCUT2D eigenvalue weighted by Crippen LogP contribution is 2.33. The van der Waals surface area contributed by atoms with E-state index in [0.29, 0.717) is 10.2 Å². The summed E-state index contributed by atoms with van der Waals surface area (Å²) < 4.78 is 69.1. The van der Waals surface area contributed by atoms with Crippen LogP contribution < -0.4 is 9.46 Å². The van der Waals surface area contributed by atoms with Gasteiger partial charge in [-0.05, 0) is 53.2 Å². The predicted molar refractivity (Wildman–Crippen MR) is 88.3 cm³/mol. The molecule has 0 radical (unpaired) electrons. The topological polar surface area (TPSA) is 68.3 Å². The van der Waals surface area contributed by atoms with Gasteiger partial charge in [-0.3, -0.25) is 4.72 Å². The number of alkyl halides is 3. The van der Waals surface area contributed by atoms with Crippen molar-refractivity contribution in [2.45, 2.75) is 18.2 Å². The van der Waals surface area contributed by atoms with Crippen molar-refractivity contribution in [2.24, 2.45) is 0 Å². The molecular weight excluding hydrogens is 481 g/mol. The van der Waals surface area contributed by atoms with Crippen LogP contribution in [0.3, 0.4) is 0 Å². The minimum absolute atomic E-state index is 0.0309. The third kappa shape index (κ3) is 4.84. The molecule has 1 heterocycles. The van der Waals surface area contributed by atoms with E-state index in [0.717, 1.165) is 12.1 Å². The van der Waals surface area contributed by atoms with E-state index in [2.05, 4.69) is 46.3 Å². The molecule has 0 spiro atoms. The number of rotatable bonds is 4. The zero-order valence-corrected chi connectivity index (χ0v) is 15.8. The second kappa shape index (κ2) is 6.89. The van der Waals surface area contributed by atoms with Gasteiger partial charge in [-0.2, -0.15) is 0 Å². The number of halogens is 5. The Hall–Kier alpha value is -1.33. The molecule has 2 aromatic rings. The van der Waals surface area contributed by atoms with Crippen LogP contribution in [0, 0.1) is 6.92 Å². The molecule has 5 nitrogen and oxygen atoms in total. The lowest BCUT2D eigenvalue weighted by Crippen LogP contribution is -2.21. The first-order valence-electron chi connectivity index (χ1n) is 6.19. The SMILES string of the molecule is Cc1nc(NS(=O)(=O)c2ccc(Br)cc2OC(F)(F)F)ccc1Br. The third-order valence-corrected chi connectivity index (χ3v) is 5.41. The molecule has 0 bridgehead atoms. The Balaban J connectivity index is 2.43. The van der Waals surface area contributed by atoms with Crippen LogP contribution in [0.4, 0.5) is 19.0 Å². The predicted octanol–water partition coefficient (Wildman–Crippen LogP) is 4.61. The molecular formula is C13H9Br2F3N2O3S. The van der Waals surface area contributed by atoms with E-state index in [-0.39, 0.29) is 10.3 Å². The Kier molecular flexibility index (Phi) is 5.45. The van der Waals surface area contributed by atoms with Crippen LogP contribution in [-0.2, 0) is 10.0 Å². The molecule has 0 saturated heterocycles. The Labute approximate surface area is 152 Å². The van der Waals surface area contributed by atoms with E-state index in [9.17, 15) is 21.6 Å². The van der Waals surface area contributed by atoms with E-state index < -0.39 is 27.0 Å². The van der Waals surface area contributed by atoms with Crippen LogP contribution >= 0.6 is 31.9 Å². The molecule has 130 valence electrons. The monoisotopic (exact) mass is 488 g/mol. The van der Waals surface area contributed by atoms with Gasteiger partial charge in [-0.1, -0.05) is 15.9 Å². The molecule has 0 atom stereocenters. The largest absolute Gasteiger partial charge is 0.573 e. The molecule has 2 rings (SSSR count). The number of nitrogens with one attached hydrogen (secondary N) is 1. The van der Waals surface area contributed by atoms with Crippen LogP contribution in [0.25, 0.3) is 0 Å². The lowest BCUT2D eigenvalue weighted by molar-refractivity contribution is -0.275. The van der Waals surface area contributed by atoms with Crippen LogP contribution in [0.2, 0.25) is 0 Å². The Morgan fingerprint density at radius 1 is 1.17 bits per heavy atom. The number of pyridine rings is 1. The van der Waals surface area contributed by atoms with Gasteiger partial charge in [0.15, 0.2) is 5.75 Å². The van der Waals surface area contributed by atoms with Crippen LogP contribution in [-0.4, -0.2) is 19.8 Å². The normalized spacial score (nSPS) is 12.1. The molecule has 1 aromatic heterocycles. The highest BCUT2D eigenvalue weighted by atomic mass is 79.9. The molecule has 1 aromatic carbocycles. The number of anilines is 1. The summed E-state index contributed by atoms with van der Waals surface area (Å²) in [6, 6.07) is 6.15. The number of sulfonamides is 1. The lowest BCUT2D eigenvalue weighted by Gasteiger charge is -2.15. The highest BCUT2D eigenvalue weighted by molar-refractivity contribution is 9.10. The highest BCUT2D eigenvalue weighted by Gasteiger charge is 2.34. The molecule has 0 saturated carbocycles. The molecule has 0 aliphatic carbocycles. The van der Waals surface area contributed by atoms with Gasteiger partial charge in [-0.25, -0.2) is 13.4 Å². The maximum Gasteiger partial charge on any atom is 0.573 e. The molecule has 24 heavy (non-hydrogen) atoms. The van der Waals surface area contributed by atoms with Crippen molar-refractivity contribution in [3.8, 4) is 5.75 Å². The number of aryl methyl sites for hydroxylation is 1. The fourth-order valence-electron chi connectivity index (χ4n) is 1.70. The van der Waals surface area contributed by atoms with Crippen LogP contribution in [0.5, 0.6) is 5.75 Å². The average molecular weight is 490 g/mol. The summed E-state index contributed by atoms with van der Waals surface area (Å²) in [7, 11) is -4.34. The second-order valence-corrected chi connectivity index (χ2v) is 7.93. The van der Waals surface area contributed by atoms with Crippen molar-refractivity contribution in [1.29, 1.82) is 0 Å². The molecule has 0 aliphatic heterocycles. The Bertz CT molecular complexity index is 873. The van der Waals surface area contributed by atoms with Crippen molar-refractivity contribution in [1.82, 2.24) is 4.98 Å². The van der Waals surface area contributed by atoms with Crippen molar-refractivity contribution >= 4 is 47.7 Å². The van der Waals surface area contributed by atoms with Gasteiger partial charge in [0.05, 0.1) is 5.69 Å². The maximum absolute atomic E-state index is 12.5.